The molecule has 0 aromatic carbocycles. The van der Waals surface area contributed by atoms with Gasteiger partial charge in [-0.25, -0.2) is 4.79 Å². The molecule has 0 saturated heterocycles. The minimum Gasteiger partial charge on any atom is -0.493 e. The van der Waals surface area contributed by atoms with Gasteiger partial charge in [0.15, 0.2) is 5.78 Å². The fourth-order valence-corrected chi connectivity index (χ4v) is 4.81. The molecule has 26 heavy (non-hydrogen) atoms. The van der Waals surface area contributed by atoms with Gasteiger partial charge >= 0.3 is 5.97 Å². The van der Waals surface area contributed by atoms with Crippen molar-refractivity contribution in [2.24, 2.45) is 5.41 Å². The molecular formula is C17H23N3O5S. The number of Topliss-reactive ketones (excluding diaryl/α,β-unsaturated/α-hetero) is 1. The van der Waals surface area contributed by atoms with Crippen molar-refractivity contribution in [3.63, 3.8) is 0 Å². The molecule has 0 radical (unpaired) electrons. The third-order valence-corrected chi connectivity index (χ3v) is 6.10. The van der Waals surface area contributed by atoms with Gasteiger partial charge in [-0.15, -0.1) is 4.41 Å². The zero-order valence-corrected chi connectivity index (χ0v) is 16.0. The molecule has 0 fully saturated rings. The highest BCUT2D eigenvalue weighted by Crippen LogP contribution is 2.51. The van der Waals surface area contributed by atoms with Crippen LogP contribution in [0.5, 0.6) is 0 Å². The number of aliphatic hydroxyl groups excluding tert-OH is 1. The Kier molecular flexibility index (Phi) is 4.35. The van der Waals surface area contributed by atoms with Crippen LogP contribution in [-0.4, -0.2) is 43.9 Å². The first-order chi connectivity index (χ1) is 11.9. The van der Waals surface area contributed by atoms with Gasteiger partial charge in [0.1, 0.15) is 17.2 Å². The van der Waals surface area contributed by atoms with E-state index in [2.05, 4.69) is 24.6 Å². The average molecular weight is 381 g/mol. The number of nitrogens with one attached hydrogen (secondary N) is 2. The molecule has 0 bridgehead atoms. The highest BCUT2D eigenvalue weighted by Gasteiger charge is 2.49. The van der Waals surface area contributed by atoms with Gasteiger partial charge < -0.3 is 15.5 Å². The van der Waals surface area contributed by atoms with E-state index in [1.165, 1.54) is 25.8 Å². The molecule has 142 valence electrons. The lowest BCUT2D eigenvalue weighted by atomic mass is 9.76. The van der Waals surface area contributed by atoms with Crippen molar-refractivity contribution in [3.8, 4) is 0 Å². The predicted molar refractivity (Wildman–Crippen MR) is 95.5 cm³/mol. The van der Waals surface area contributed by atoms with Crippen LogP contribution in [0.4, 0.5) is 0 Å². The van der Waals surface area contributed by atoms with Gasteiger partial charge in [0.2, 0.25) is 5.88 Å². The topological polar surface area (TPSA) is 119 Å². The maximum Gasteiger partial charge on any atom is 0.328 e. The van der Waals surface area contributed by atoms with Crippen molar-refractivity contribution in [2.75, 3.05) is 0 Å². The van der Waals surface area contributed by atoms with Gasteiger partial charge in [0.25, 0.3) is 5.91 Å². The van der Waals surface area contributed by atoms with E-state index in [1.807, 2.05) is 0 Å². The Balaban J connectivity index is 1.88. The standard InChI is InChI=1S/C17H23N3O5S/c1-16(2)6-5-8-9(7-16)26-20-11(8)12(21)10(14(23)19-20)13(22)18-17(3,4)15(24)25/h11,19,23H,5-7H2,1-4H3,(H,18,22)(H,24,25). The summed E-state index contributed by atoms with van der Waals surface area (Å²) in [5.74, 6) is -3.21. The summed E-state index contributed by atoms with van der Waals surface area (Å²) in [5, 5.41) is 21.6. The Hall–Kier alpha value is -2.00. The summed E-state index contributed by atoms with van der Waals surface area (Å²) in [6, 6.07) is -0.657. The third-order valence-electron chi connectivity index (χ3n) is 4.98. The molecule has 0 spiro atoms. The number of hydrazine groups is 1. The molecule has 0 aromatic heterocycles. The van der Waals surface area contributed by atoms with Crippen molar-refractivity contribution >= 4 is 29.6 Å². The molecule has 2 aliphatic heterocycles. The number of hydrogen-bond donors (Lipinski definition) is 4. The molecule has 1 atom stereocenters. The van der Waals surface area contributed by atoms with E-state index in [-0.39, 0.29) is 5.41 Å². The lowest BCUT2D eigenvalue weighted by molar-refractivity contribution is -0.145. The summed E-state index contributed by atoms with van der Waals surface area (Å²) >= 11 is 1.38. The van der Waals surface area contributed by atoms with Crippen molar-refractivity contribution in [1.82, 2.24) is 15.2 Å². The Bertz CT molecular complexity index is 768. The maximum absolute atomic E-state index is 13.0. The van der Waals surface area contributed by atoms with E-state index in [9.17, 15) is 19.5 Å². The van der Waals surface area contributed by atoms with E-state index in [0.29, 0.717) is 0 Å². The van der Waals surface area contributed by atoms with Gasteiger partial charge in [-0.2, -0.15) is 0 Å². The van der Waals surface area contributed by atoms with E-state index in [1.54, 1.807) is 4.41 Å². The number of rotatable bonds is 3. The molecular weight excluding hydrogens is 358 g/mol. The number of nitrogens with zero attached hydrogens (tertiary/aromatic N) is 1. The van der Waals surface area contributed by atoms with Crippen LogP contribution in [0.3, 0.4) is 0 Å². The number of amides is 1. The van der Waals surface area contributed by atoms with Crippen LogP contribution in [-0.2, 0) is 14.4 Å². The van der Waals surface area contributed by atoms with E-state index in [0.717, 1.165) is 29.7 Å². The van der Waals surface area contributed by atoms with Gasteiger partial charge in [-0.3, -0.25) is 15.0 Å². The number of ketones is 1. The highest BCUT2D eigenvalue weighted by molar-refractivity contribution is 8.01. The molecule has 9 heteroatoms. The lowest BCUT2D eigenvalue weighted by Crippen LogP contribution is -2.55. The second kappa shape index (κ2) is 6.02. The van der Waals surface area contributed by atoms with Crippen molar-refractivity contribution in [1.29, 1.82) is 0 Å². The number of fused-ring (bicyclic) bond motifs is 2. The summed E-state index contributed by atoms with van der Waals surface area (Å²) in [5.41, 5.74) is 1.82. The van der Waals surface area contributed by atoms with E-state index in [4.69, 9.17) is 5.11 Å². The Morgan fingerprint density at radius 1 is 1.38 bits per heavy atom. The second-order valence-electron chi connectivity index (χ2n) is 8.19. The molecule has 4 N–H and O–H groups in total. The summed E-state index contributed by atoms with van der Waals surface area (Å²) in [6.45, 7) is 6.97. The number of carboxylic acid groups (broad SMARTS) is 1. The monoisotopic (exact) mass is 381 g/mol. The van der Waals surface area contributed by atoms with Crippen LogP contribution in [0, 0.1) is 5.41 Å². The van der Waals surface area contributed by atoms with Gasteiger partial charge in [-0.05, 0) is 56.0 Å². The fourth-order valence-electron chi connectivity index (χ4n) is 3.33. The van der Waals surface area contributed by atoms with E-state index < -0.39 is 40.7 Å². The molecule has 3 aliphatic rings. The van der Waals surface area contributed by atoms with Gasteiger partial charge in [0.05, 0.1) is 0 Å². The van der Waals surface area contributed by atoms with E-state index >= 15 is 0 Å². The maximum atomic E-state index is 13.0. The van der Waals surface area contributed by atoms with Crippen molar-refractivity contribution in [2.45, 2.75) is 58.5 Å². The molecule has 0 saturated carbocycles. The molecule has 1 unspecified atom stereocenters. The van der Waals surface area contributed by atoms with Crippen molar-refractivity contribution in [3.05, 3.63) is 21.9 Å². The van der Waals surface area contributed by atoms with Crippen LogP contribution in [0.15, 0.2) is 21.9 Å². The van der Waals surface area contributed by atoms with Crippen LogP contribution in [0.2, 0.25) is 0 Å². The molecule has 1 amide bonds. The normalized spacial score (nSPS) is 25.5. The summed E-state index contributed by atoms with van der Waals surface area (Å²) < 4.78 is 1.57. The second-order valence-corrected chi connectivity index (χ2v) is 9.26. The molecule has 0 aromatic rings. The Labute approximate surface area is 155 Å². The first kappa shape index (κ1) is 18.8. The van der Waals surface area contributed by atoms with Crippen LogP contribution < -0.4 is 10.7 Å². The predicted octanol–water partition coefficient (Wildman–Crippen LogP) is 1.62. The first-order valence-corrected chi connectivity index (χ1v) is 9.19. The number of aliphatic carboxylic acids is 1. The molecule has 2 heterocycles. The minimum absolute atomic E-state index is 0.144. The van der Waals surface area contributed by atoms with Crippen LogP contribution in [0.25, 0.3) is 0 Å². The smallest absolute Gasteiger partial charge is 0.328 e. The zero-order chi connectivity index (χ0) is 19.4. The third kappa shape index (κ3) is 3.09. The Morgan fingerprint density at radius 2 is 2.04 bits per heavy atom. The number of carbonyl (C=O) groups is 3. The SMILES string of the molecule is CC1(C)CCC2=C(C1)SN1NC(O)=C(C(=O)NC(C)(C)C(=O)O)C(=O)C21. The largest absolute Gasteiger partial charge is 0.493 e. The average Bonchev–Trinajstić information content (AvgIpc) is 2.81. The molecule has 3 rings (SSSR count). The quantitative estimate of drug-likeness (QED) is 0.430. The summed E-state index contributed by atoms with van der Waals surface area (Å²) in [6.07, 6.45) is 2.52. The van der Waals surface area contributed by atoms with Gasteiger partial charge in [0, 0.05) is 4.91 Å². The van der Waals surface area contributed by atoms with Crippen LogP contribution >= 0.6 is 11.9 Å². The van der Waals surface area contributed by atoms with Crippen molar-refractivity contribution < 1.29 is 24.6 Å². The number of allylic oxidation sites excluding steroid dienone is 1. The highest BCUT2D eigenvalue weighted by atomic mass is 32.2. The number of carboxylic acids is 1. The number of hydrogen-bond acceptors (Lipinski definition) is 7. The lowest BCUT2D eigenvalue weighted by Gasteiger charge is -2.33. The fraction of sp³-hybridized carbons (Fsp3) is 0.588. The zero-order valence-electron chi connectivity index (χ0n) is 15.2. The first-order valence-electron chi connectivity index (χ1n) is 8.42. The number of carbonyl (C=O) groups excluding carboxylic acids is 2. The summed E-state index contributed by atoms with van der Waals surface area (Å²) in [4.78, 5) is 37.8. The number of aliphatic hydroxyl groups is 1. The molecule has 1 aliphatic carbocycles. The Morgan fingerprint density at radius 3 is 2.65 bits per heavy atom. The molecule has 8 nitrogen and oxygen atoms in total. The minimum atomic E-state index is -1.56. The van der Waals surface area contributed by atoms with Gasteiger partial charge in [-0.1, -0.05) is 13.8 Å². The van der Waals surface area contributed by atoms with Crippen LogP contribution in [0.1, 0.15) is 47.0 Å². The summed E-state index contributed by atoms with van der Waals surface area (Å²) in [7, 11) is 0.